The molecule has 2 fully saturated rings. The number of benzene rings is 1. The van der Waals surface area contributed by atoms with Gasteiger partial charge >= 0.3 is 0 Å². The summed E-state index contributed by atoms with van der Waals surface area (Å²) in [6.45, 7) is 5.82. The van der Waals surface area contributed by atoms with Crippen molar-refractivity contribution < 1.29 is 19.1 Å². The second-order valence-electron chi connectivity index (χ2n) is 6.82. The molecule has 3 aliphatic heterocycles. The average Bonchev–Trinajstić information content (AvgIpc) is 3.03. The molecule has 1 N–H and O–H groups in total. The predicted molar refractivity (Wildman–Crippen MR) is 99.2 cm³/mol. The fourth-order valence-electron chi connectivity index (χ4n) is 3.73. The van der Waals surface area contributed by atoms with E-state index in [4.69, 9.17) is 9.47 Å². The standard InChI is InChI=1S/C18H23N3O4.ClH/c1-12-10-19-4-5-20(12)18(23)13-8-17(22)21(11-13)14-2-3-15-16(9-14)25-7-6-24-15;/h2-3,9,12-13,19H,4-8,10-11H2,1H3;1H/t12-,13?;/m1./s1. The third-order valence-corrected chi connectivity index (χ3v) is 5.10. The molecule has 1 unspecified atom stereocenters. The number of hydrogen-bond acceptors (Lipinski definition) is 5. The number of carbonyl (C=O) groups is 2. The summed E-state index contributed by atoms with van der Waals surface area (Å²) in [6.07, 6.45) is 0.268. The van der Waals surface area contributed by atoms with Crippen molar-refractivity contribution >= 4 is 29.9 Å². The van der Waals surface area contributed by atoms with Crippen molar-refractivity contribution in [3.05, 3.63) is 18.2 Å². The lowest BCUT2D eigenvalue weighted by molar-refractivity contribution is -0.138. The molecule has 7 nitrogen and oxygen atoms in total. The van der Waals surface area contributed by atoms with Crippen LogP contribution in [0.5, 0.6) is 11.5 Å². The fraction of sp³-hybridized carbons (Fsp3) is 0.556. The maximum atomic E-state index is 12.8. The number of hydrogen-bond donors (Lipinski definition) is 1. The summed E-state index contributed by atoms with van der Waals surface area (Å²) in [6, 6.07) is 5.67. The molecule has 4 rings (SSSR count). The summed E-state index contributed by atoms with van der Waals surface area (Å²) < 4.78 is 11.1. The molecule has 2 atom stereocenters. The van der Waals surface area contributed by atoms with Crippen LogP contribution in [0, 0.1) is 5.92 Å². The van der Waals surface area contributed by atoms with Gasteiger partial charge in [0.1, 0.15) is 13.2 Å². The van der Waals surface area contributed by atoms with Crippen molar-refractivity contribution in [2.45, 2.75) is 19.4 Å². The Bertz CT molecular complexity index is 699. The molecule has 0 aliphatic carbocycles. The Kier molecular flexibility index (Phi) is 5.58. The number of nitrogens with one attached hydrogen (secondary N) is 1. The monoisotopic (exact) mass is 381 g/mol. The van der Waals surface area contributed by atoms with E-state index in [-0.39, 0.29) is 42.6 Å². The minimum atomic E-state index is -0.277. The van der Waals surface area contributed by atoms with Gasteiger partial charge in [0.15, 0.2) is 11.5 Å². The number of rotatable bonds is 2. The molecule has 2 amide bonds. The number of halogens is 1. The van der Waals surface area contributed by atoms with E-state index in [1.165, 1.54) is 0 Å². The number of carbonyl (C=O) groups excluding carboxylic acids is 2. The molecule has 0 saturated carbocycles. The summed E-state index contributed by atoms with van der Waals surface area (Å²) in [5, 5.41) is 3.29. The van der Waals surface area contributed by atoms with E-state index < -0.39 is 0 Å². The van der Waals surface area contributed by atoms with Crippen molar-refractivity contribution in [1.29, 1.82) is 0 Å². The molecule has 0 bridgehead atoms. The molecule has 0 aromatic heterocycles. The molecule has 1 aromatic carbocycles. The van der Waals surface area contributed by atoms with Crippen LogP contribution in [-0.4, -0.2) is 62.1 Å². The summed E-state index contributed by atoms with van der Waals surface area (Å²) >= 11 is 0. The lowest BCUT2D eigenvalue weighted by Crippen LogP contribution is -2.54. The zero-order chi connectivity index (χ0) is 17.4. The molecule has 8 heteroatoms. The maximum absolute atomic E-state index is 12.8. The minimum Gasteiger partial charge on any atom is -0.486 e. The van der Waals surface area contributed by atoms with Crippen LogP contribution in [0.4, 0.5) is 5.69 Å². The number of anilines is 1. The van der Waals surface area contributed by atoms with Gasteiger partial charge in [0, 0.05) is 50.4 Å². The molecule has 0 radical (unpaired) electrons. The van der Waals surface area contributed by atoms with Crippen LogP contribution in [-0.2, 0) is 9.59 Å². The Balaban J connectivity index is 0.00000196. The van der Waals surface area contributed by atoms with E-state index in [1.54, 1.807) is 4.90 Å². The summed E-state index contributed by atoms with van der Waals surface area (Å²) in [7, 11) is 0. The fourth-order valence-corrected chi connectivity index (χ4v) is 3.73. The molecular formula is C18H24ClN3O4. The number of fused-ring (bicyclic) bond motifs is 1. The molecule has 0 spiro atoms. The van der Waals surface area contributed by atoms with Crippen molar-refractivity contribution in [1.82, 2.24) is 10.2 Å². The van der Waals surface area contributed by atoms with E-state index in [1.807, 2.05) is 30.0 Å². The van der Waals surface area contributed by atoms with Crippen molar-refractivity contribution in [3.63, 3.8) is 0 Å². The molecule has 3 heterocycles. The first-order valence-corrected chi connectivity index (χ1v) is 8.84. The van der Waals surface area contributed by atoms with Crippen LogP contribution in [0.25, 0.3) is 0 Å². The highest BCUT2D eigenvalue weighted by Gasteiger charge is 2.39. The topological polar surface area (TPSA) is 71.1 Å². The number of amides is 2. The van der Waals surface area contributed by atoms with Gasteiger partial charge in [-0.25, -0.2) is 0 Å². The van der Waals surface area contributed by atoms with E-state index in [0.717, 1.165) is 18.8 Å². The number of nitrogens with zero attached hydrogens (tertiary/aromatic N) is 2. The van der Waals surface area contributed by atoms with Gasteiger partial charge in [0.2, 0.25) is 11.8 Å². The Morgan fingerprint density at radius 2 is 2.00 bits per heavy atom. The first-order chi connectivity index (χ1) is 12.1. The van der Waals surface area contributed by atoms with Gasteiger partial charge < -0.3 is 24.6 Å². The van der Waals surface area contributed by atoms with E-state index in [2.05, 4.69) is 5.32 Å². The SMILES string of the molecule is C[C@@H]1CNCCN1C(=O)C1CC(=O)N(c2ccc3c(c2)OCCO3)C1.Cl. The first-order valence-electron chi connectivity index (χ1n) is 8.84. The Labute approximate surface area is 159 Å². The molecule has 26 heavy (non-hydrogen) atoms. The van der Waals surface area contributed by atoms with E-state index in [0.29, 0.717) is 37.8 Å². The summed E-state index contributed by atoms with van der Waals surface area (Å²) in [5.74, 6) is 1.15. The zero-order valence-corrected chi connectivity index (χ0v) is 15.6. The smallest absolute Gasteiger partial charge is 0.228 e. The average molecular weight is 382 g/mol. The second-order valence-corrected chi connectivity index (χ2v) is 6.82. The maximum Gasteiger partial charge on any atom is 0.228 e. The first kappa shape index (κ1) is 18.8. The third kappa shape index (κ3) is 3.46. The van der Waals surface area contributed by atoms with Crippen LogP contribution in [0.2, 0.25) is 0 Å². The van der Waals surface area contributed by atoms with E-state index >= 15 is 0 Å². The van der Waals surface area contributed by atoms with Crippen LogP contribution in [0.1, 0.15) is 13.3 Å². The quantitative estimate of drug-likeness (QED) is 0.829. The highest BCUT2D eigenvalue weighted by atomic mass is 35.5. The Morgan fingerprint density at radius 1 is 1.23 bits per heavy atom. The van der Waals surface area contributed by atoms with Gasteiger partial charge in [0.25, 0.3) is 0 Å². The highest BCUT2D eigenvalue weighted by Crippen LogP contribution is 2.36. The molecule has 1 aromatic rings. The van der Waals surface area contributed by atoms with Gasteiger partial charge in [0.05, 0.1) is 5.92 Å². The van der Waals surface area contributed by atoms with Crippen molar-refractivity contribution in [3.8, 4) is 11.5 Å². The molecule has 142 valence electrons. The van der Waals surface area contributed by atoms with Crippen molar-refractivity contribution in [2.24, 2.45) is 5.92 Å². The van der Waals surface area contributed by atoms with Gasteiger partial charge in [-0.2, -0.15) is 0 Å². The van der Waals surface area contributed by atoms with Gasteiger partial charge in [-0.1, -0.05) is 0 Å². The predicted octanol–water partition coefficient (Wildman–Crippen LogP) is 1.05. The number of piperazine rings is 1. The number of ether oxygens (including phenoxy) is 2. The molecular weight excluding hydrogens is 358 g/mol. The van der Waals surface area contributed by atoms with Gasteiger partial charge in [-0.15, -0.1) is 12.4 Å². The van der Waals surface area contributed by atoms with Crippen molar-refractivity contribution in [2.75, 3.05) is 44.3 Å². The van der Waals surface area contributed by atoms with Crippen LogP contribution in [0.3, 0.4) is 0 Å². The highest BCUT2D eigenvalue weighted by molar-refractivity contribution is 6.00. The van der Waals surface area contributed by atoms with E-state index in [9.17, 15) is 9.59 Å². The van der Waals surface area contributed by atoms with Crippen LogP contribution < -0.4 is 19.7 Å². The summed E-state index contributed by atoms with van der Waals surface area (Å²) in [5.41, 5.74) is 0.762. The normalized spacial score (nSPS) is 25.0. The largest absolute Gasteiger partial charge is 0.486 e. The second kappa shape index (κ2) is 7.72. The lowest BCUT2D eigenvalue weighted by Gasteiger charge is -2.35. The van der Waals surface area contributed by atoms with Crippen LogP contribution >= 0.6 is 12.4 Å². The molecule has 3 aliphatic rings. The Hall–Kier alpha value is -1.99. The lowest BCUT2D eigenvalue weighted by atomic mass is 10.1. The Morgan fingerprint density at radius 3 is 2.77 bits per heavy atom. The summed E-state index contributed by atoms with van der Waals surface area (Å²) in [4.78, 5) is 28.9. The van der Waals surface area contributed by atoms with Gasteiger partial charge in [-0.3, -0.25) is 9.59 Å². The zero-order valence-electron chi connectivity index (χ0n) is 14.8. The molecule has 2 saturated heterocycles. The van der Waals surface area contributed by atoms with Crippen LogP contribution in [0.15, 0.2) is 18.2 Å². The van der Waals surface area contributed by atoms with Gasteiger partial charge in [-0.05, 0) is 19.1 Å². The third-order valence-electron chi connectivity index (χ3n) is 5.10. The minimum absolute atomic E-state index is 0.